The van der Waals surface area contributed by atoms with Crippen LogP contribution < -0.4 is 5.73 Å². The molecule has 0 aromatic carbocycles. The Morgan fingerprint density at radius 1 is 1.50 bits per heavy atom. The van der Waals surface area contributed by atoms with E-state index in [0.717, 1.165) is 6.42 Å². The fourth-order valence-corrected chi connectivity index (χ4v) is 3.07. The maximum absolute atomic E-state index is 5.84. The summed E-state index contributed by atoms with van der Waals surface area (Å²) in [6, 6.07) is 4.94. The number of hydrogen-bond acceptors (Lipinski definition) is 3. The Bertz CT molecular complexity index is 283. The van der Waals surface area contributed by atoms with Crippen LogP contribution in [0.3, 0.4) is 0 Å². The van der Waals surface area contributed by atoms with Gasteiger partial charge in [-0.15, -0.1) is 11.3 Å². The summed E-state index contributed by atoms with van der Waals surface area (Å²) in [5.74, 6) is 0. The van der Waals surface area contributed by atoms with Gasteiger partial charge in [-0.05, 0) is 55.5 Å². The minimum Gasteiger partial charge on any atom is -0.328 e. The van der Waals surface area contributed by atoms with Crippen molar-refractivity contribution in [1.82, 2.24) is 4.90 Å². The van der Waals surface area contributed by atoms with E-state index in [2.05, 4.69) is 54.0 Å². The zero-order valence-corrected chi connectivity index (χ0v) is 11.2. The second kappa shape index (κ2) is 5.26. The molecule has 1 rings (SSSR count). The van der Waals surface area contributed by atoms with E-state index in [9.17, 15) is 0 Å². The van der Waals surface area contributed by atoms with Gasteiger partial charge in [0.25, 0.3) is 0 Å². The minimum atomic E-state index is 0.239. The summed E-state index contributed by atoms with van der Waals surface area (Å²) in [5, 5.41) is 0. The van der Waals surface area contributed by atoms with Gasteiger partial charge >= 0.3 is 0 Å². The van der Waals surface area contributed by atoms with Gasteiger partial charge in [0.05, 0.1) is 3.79 Å². The van der Waals surface area contributed by atoms with Crippen LogP contribution in [-0.2, 0) is 0 Å². The summed E-state index contributed by atoms with van der Waals surface area (Å²) >= 11 is 5.27. The van der Waals surface area contributed by atoms with E-state index in [0.29, 0.717) is 6.04 Å². The minimum absolute atomic E-state index is 0.239. The van der Waals surface area contributed by atoms with Crippen molar-refractivity contribution in [2.75, 3.05) is 14.1 Å². The van der Waals surface area contributed by atoms with Crippen LogP contribution in [0.4, 0.5) is 0 Å². The largest absolute Gasteiger partial charge is 0.328 e. The van der Waals surface area contributed by atoms with Gasteiger partial charge in [-0.1, -0.05) is 0 Å². The fraction of sp³-hybridized carbons (Fsp3) is 0.600. The van der Waals surface area contributed by atoms with Crippen LogP contribution >= 0.6 is 27.3 Å². The highest BCUT2D eigenvalue weighted by Crippen LogP contribution is 2.32. The Kier molecular flexibility index (Phi) is 4.57. The average molecular weight is 277 g/mol. The second-order valence-electron chi connectivity index (χ2n) is 3.83. The van der Waals surface area contributed by atoms with Crippen molar-refractivity contribution < 1.29 is 0 Å². The first kappa shape index (κ1) is 12.2. The third-order valence-electron chi connectivity index (χ3n) is 2.14. The molecule has 2 N–H and O–H groups in total. The second-order valence-corrected chi connectivity index (χ2v) is 6.33. The van der Waals surface area contributed by atoms with Crippen molar-refractivity contribution >= 4 is 27.3 Å². The van der Waals surface area contributed by atoms with E-state index < -0.39 is 0 Å². The molecule has 0 saturated carbocycles. The van der Waals surface area contributed by atoms with Gasteiger partial charge in [-0.3, -0.25) is 0 Å². The van der Waals surface area contributed by atoms with Gasteiger partial charge in [0.1, 0.15) is 0 Å². The number of nitrogens with zero attached hydrogens (tertiary/aromatic N) is 1. The Labute approximate surface area is 98.2 Å². The molecule has 0 bridgehead atoms. The highest BCUT2D eigenvalue weighted by atomic mass is 79.9. The smallest absolute Gasteiger partial charge is 0.0701 e. The average Bonchev–Trinajstić information content (AvgIpc) is 2.46. The summed E-state index contributed by atoms with van der Waals surface area (Å²) in [6.45, 7) is 2.05. The van der Waals surface area contributed by atoms with Crippen molar-refractivity contribution in [3.05, 3.63) is 20.8 Å². The fourth-order valence-electron chi connectivity index (χ4n) is 1.44. The van der Waals surface area contributed by atoms with Gasteiger partial charge in [0, 0.05) is 17.0 Å². The molecule has 0 aliphatic rings. The number of thiophene rings is 1. The molecule has 0 saturated heterocycles. The lowest BCUT2D eigenvalue weighted by molar-refractivity contribution is 0.276. The first-order chi connectivity index (χ1) is 6.50. The van der Waals surface area contributed by atoms with Crippen LogP contribution in [0.25, 0.3) is 0 Å². The molecule has 14 heavy (non-hydrogen) atoms. The molecule has 0 fully saturated rings. The molecule has 0 radical (unpaired) electrons. The standard InChI is InChI=1S/C10H17BrN2S/c1-7(12)6-8(13(2)3)9-4-5-10(11)14-9/h4-5,7-8H,6,12H2,1-3H3. The van der Waals surface area contributed by atoms with Crippen LogP contribution in [0.1, 0.15) is 24.3 Å². The van der Waals surface area contributed by atoms with E-state index in [-0.39, 0.29) is 6.04 Å². The van der Waals surface area contributed by atoms with Gasteiger partial charge in [-0.25, -0.2) is 0 Å². The third kappa shape index (κ3) is 3.35. The van der Waals surface area contributed by atoms with Crippen molar-refractivity contribution in [2.24, 2.45) is 5.73 Å². The molecule has 0 aliphatic heterocycles. The molecule has 1 heterocycles. The molecular weight excluding hydrogens is 260 g/mol. The molecule has 0 amide bonds. The molecule has 4 heteroatoms. The van der Waals surface area contributed by atoms with E-state index in [1.807, 2.05) is 0 Å². The lowest BCUT2D eigenvalue weighted by Crippen LogP contribution is -2.26. The molecule has 1 aromatic heterocycles. The summed E-state index contributed by atoms with van der Waals surface area (Å²) in [7, 11) is 4.20. The predicted octanol–water partition coefficient (Wildman–Crippen LogP) is 2.85. The molecule has 2 nitrogen and oxygen atoms in total. The third-order valence-corrected chi connectivity index (χ3v) is 3.87. The normalized spacial score (nSPS) is 15.9. The van der Waals surface area contributed by atoms with Gasteiger partial charge < -0.3 is 10.6 Å². The monoisotopic (exact) mass is 276 g/mol. The topological polar surface area (TPSA) is 29.3 Å². The van der Waals surface area contributed by atoms with Gasteiger partial charge in [0.2, 0.25) is 0 Å². The number of halogens is 1. The van der Waals surface area contributed by atoms with Gasteiger partial charge in [-0.2, -0.15) is 0 Å². The molecule has 0 spiro atoms. The van der Waals surface area contributed by atoms with E-state index in [4.69, 9.17) is 5.73 Å². The zero-order valence-electron chi connectivity index (χ0n) is 8.83. The summed E-state index contributed by atoms with van der Waals surface area (Å²) in [6.07, 6.45) is 1.000. The summed E-state index contributed by atoms with van der Waals surface area (Å²) in [4.78, 5) is 3.60. The predicted molar refractivity (Wildman–Crippen MR) is 66.7 cm³/mol. The lowest BCUT2D eigenvalue weighted by atomic mass is 10.1. The van der Waals surface area contributed by atoms with Crippen LogP contribution in [0.5, 0.6) is 0 Å². The molecule has 2 atom stereocenters. The first-order valence-electron chi connectivity index (χ1n) is 4.68. The SMILES string of the molecule is CC(N)CC(c1ccc(Br)s1)N(C)C. The molecule has 2 unspecified atom stereocenters. The molecular formula is C10H17BrN2S. The van der Waals surface area contributed by atoms with Crippen LogP contribution in [0.2, 0.25) is 0 Å². The summed E-state index contributed by atoms with van der Waals surface area (Å²) in [5.41, 5.74) is 5.84. The van der Waals surface area contributed by atoms with Crippen molar-refractivity contribution in [3.8, 4) is 0 Å². The van der Waals surface area contributed by atoms with E-state index in [1.54, 1.807) is 11.3 Å². The maximum Gasteiger partial charge on any atom is 0.0701 e. The van der Waals surface area contributed by atoms with E-state index in [1.165, 1.54) is 8.66 Å². The molecule has 1 aromatic rings. The number of rotatable bonds is 4. The maximum atomic E-state index is 5.84. The zero-order chi connectivity index (χ0) is 10.7. The Morgan fingerprint density at radius 2 is 2.14 bits per heavy atom. The lowest BCUT2D eigenvalue weighted by Gasteiger charge is -2.24. The first-order valence-corrected chi connectivity index (χ1v) is 6.29. The number of hydrogen-bond donors (Lipinski definition) is 1. The Morgan fingerprint density at radius 3 is 2.50 bits per heavy atom. The highest BCUT2D eigenvalue weighted by molar-refractivity contribution is 9.11. The molecule has 80 valence electrons. The molecule has 0 aliphatic carbocycles. The van der Waals surface area contributed by atoms with Crippen LogP contribution in [-0.4, -0.2) is 25.0 Å². The Balaban J connectivity index is 2.77. The van der Waals surface area contributed by atoms with Crippen molar-refractivity contribution in [3.63, 3.8) is 0 Å². The summed E-state index contributed by atoms with van der Waals surface area (Å²) < 4.78 is 1.18. The quantitative estimate of drug-likeness (QED) is 0.917. The highest BCUT2D eigenvalue weighted by Gasteiger charge is 2.17. The Hall–Kier alpha value is 0.1000. The van der Waals surface area contributed by atoms with Crippen LogP contribution in [0, 0.1) is 0 Å². The van der Waals surface area contributed by atoms with Crippen molar-refractivity contribution in [2.45, 2.75) is 25.4 Å². The number of nitrogens with two attached hydrogens (primary N) is 1. The van der Waals surface area contributed by atoms with Crippen LogP contribution in [0.15, 0.2) is 15.9 Å². The van der Waals surface area contributed by atoms with E-state index >= 15 is 0 Å². The van der Waals surface area contributed by atoms with Crippen molar-refractivity contribution in [1.29, 1.82) is 0 Å². The van der Waals surface area contributed by atoms with Gasteiger partial charge in [0.15, 0.2) is 0 Å².